The Kier molecular flexibility index (Phi) is 2.10. The van der Waals surface area contributed by atoms with E-state index in [-0.39, 0.29) is 17.9 Å². The zero-order valence-electron chi connectivity index (χ0n) is 7.95. The maximum Gasteiger partial charge on any atom is 0.223 e. The number of carbonyl (C=O) groups excluding carboxylic acids is 2. The monoisotopic (exact) mass is 181 g/mol. The van der Waals surface area contributed by atoms with Gasteiger partial charge in [-0.1, -0.05) is 6.42 Å². The lowest BCUT2D eigenvalue weighted by atomic mass is 9.79. The molecule has 0 aromatic carbocycles. The van der Waals surface area contributed by atoms with Crippen LogP contribution in [-0.4, -0.2) is 29.7 Å². The highest BCUT2D eigenvalue weighted by Gasteiger charge is 2.38. The lowest BCUT2D eigenvalue weighted by molar-refractivity contribution is -0.136. The van der Waals surface area contributed by atoms with Crippen molar-refractivity contribution in [1.29, 1.82) is 0 Å². The van der Waals surface area contributed by atoms with Crippen molar-refractivity contribution < 1.29 is 9.59 Å². The predicted molar refractivity (Wildman–Crippen MR) is 48.1 cm³/mol. The van der Waals surface area contributed by atoms with E-state index in [1.807, 2.05) is 0 Å². The summed E-state index contributed by atoms with van der Waals surface area (Å²) in [6, 6.07) is -0.0993. The van der Waals surface area contributed by atoms with Crippen LogP contribution in [0.15, 0.2) is 0 Å². The summed E-state index contributed by atoms with van der Waals surface area (Å²) in [6.45, 7) is 0. The maximum atomic E-state index is 11.8. The fourth-order valence-electron chi connectivity index (χ4n) is 2.10. The van der Waals surface area contributed by atoms with E-state index in [0.717, 1.165) is 19.3 Å². The highest BCUT2D eigenvalue weighted by molar-refractivity contribution is 5.93. The molecule has 0 spiro atoms. The normalized spacial score (nSPS) is 29.2. The Hall–Kier alpha value is -0.860. The topological polar surface area (TPSA) is 37.4 Å². The summed E-state index contributed by atoms with van der Waals surface area (Å²) in [5.41, 5.74) is 0. The van der Waals surface area contributed by atoms with E-state index in [0.29, 0.717) is 12.2 Å². The van der Waals surface area contributed by atoms with E-state index in [2.05, 4.69) is 0 Å². The van der Waals surface area contributed by atoms with Gasteiger partial charge in [0.1, 0.15) is 0 Å². The third-order valence-electron chi connectivity index (χ3n) is 3.33. The van der Waals surface area contributed by atoms with Crippen LogP contribution in [0.25, 0.3) is 0 Å². The first-order valence-electron chi connectivity index (χ1n) is 4.99. The van der Waals surface area contributed by atoms with Crippen molar-refractivity contribution in [2.24, 2.45) is 5.92 Å². The molecule has 1 aliphatic carbocycles. The fraction of sp³-hybridized carbons (Fsp3) is 0.800. The van der Waals surface area contributed by atoms with E-state index in [9.17, 15) is 9.59 Å². The van der Waals surface area contributed by atoms with Crippen molar-refractivity contribution in [3.63, 3.8) is 0 Å². The van der Waals surface area contributed by atoms with Crippen molar-refractivity contribution in [1.82, 2.24) is 4.90 Å². The number of rotatable bonds is 2. The molecule has 0 bridgehead atoms. The van der Waals surface area contributed by atoms with Gasteiger partial charge in [-0.05, 0) is 19.3 Å². The highest BCUT2D eigenvalue weighted by atomic mass is 16.2. The van der Waals surface area contributed by atoms with Gasteiger partial charge in [0.25, 0.3) is 0 Å². The standard InChI is InChI=1S/C10H15NO2/c1-11-8(5-6-9(11)12)10(13)7-3-2-4-7/h7-8H,2-6H2,1H3. The molecule has 13 heavy (non-hydrogen) atoms. The highest BCUT2D eigenvalue weighted by Crippen LogP contribution is 2.31. The number of likely N-dealkylation sites (tertiary alicyclic amines) is 1. The van der Waals surface area contributed by atoms with Gasteiger partial charge >= 0.3 is 0 Å². The fourth-order valence-corrected chi connectivity index (χ4v) is 2.10. The first kappa shape index (κ1) is 8.73. The lowest BCUT2D eigenvalue weighted by Crippen LogP contribution is -2.40. The Morgan fingerprint density at radius 3 is 2.46 bits per heavy atom. The summed E-state index contributed by atoms with van der Waals surface area (Å²) in [4.78, 5) is 24.6. The third-order valence-corrected chi connectivity index (χ3v) is 3.33. The van der Waals surface area contributed by atoms with Crippen LogP contribution in [0.3, 0.4) is 0 Å². The molecule has 0 aromatic rings. The van der Waals surface area contributed by atoms with Gasteiger partial charge in [-0.2, -0.15) is 0 Å². The molecule has 1 saturated carbocycles. The number of nitrogens with zero attached hydrogens (tertiary/aromatic N) is 1. The van der Waals surface area contributed by atoms with Gasteiger partial charge in [0.15, 0.2) is 5.78 Å². The van der Waals surface area contributed by atoms with Gasteiger partial charge in [-0.3, -0.25) is 9.59 Å². The van der Waals surface area contributed by atoms with Crippen LogP contribution in [-0.2, 0) is 9.59 Å². The minimum atomic E-state index is -0.0993. The van der Waals surface area contributed by atoms with Crippen LogP contribution in [0.4, 0.5) is 0 Å². The van der Waals surface area contributed by atoms with Gasteiger partial charge in [0, 0.05) is 19.4 Å². The molecule has 1 saturated heterocycles. The zero-order chi connectivity index (χ0) is 9.42. The molecule has 2 fully saturated rings. The lowest BCUT2D eigenvalue weighted by Gasteiger charge is -2.29. The van der Waals surface area contributed by atoms with Crippen molar-refractivity contribution >= 4 is 11.7 Å². The van der Waals surface area contributed by atoms with Gasteiger partial charge in [0.2, 0.25) is 5.91 Å². The Morgan fingerprint density at radius 1 is 1.38 bits per heavy atom. The largest absolute Gasteiger partial charge is 0.336 e. The third kappa shape index (κ3) is 1.36. The second-order valence-electron chi connectivity index (χ2n) is 4.09. The van der Waals surface area contributed by atoms with Crippen LogP contribution in [0.5, 0.6) is 0 Å². The second-order valence-corrected chi connectivity index (χ2v) is 4.09. The van der Waals surface area contributed by atoms with Crippen LogP contribution < -0.4 is 0 Å². The van der Waals surface area contributed by atoms with Crippen molar-refractivity contribution in [2.75, 3.05) is 7.05 Å². The smallest absolute Gasteiger partial charge is 0.223 e. The van der Waals surface area contributed by atoms with Gasteiger partial charge < -0.3 is 4.90 Å². The molecule has 3 nitrogen and oxygen atoms in total. The number of carbonyl (C=O) groups is 2. The molecular weight excluding hydrogens is 166 g/mol. The molecule has 0 N–H and O–H groups in total. The van der Waals surface area contributed by atoms with E-state index in [4.69, 9.17) is 0 Å². The molecule has 0 aromatic heterocycles. The Labute approximate surface area is 78.1 Å². The maximum absolute atomic E-state index is 11.8. The molecule has 1 amide bonds. The summed E-state index contributed by atoms with van der Waals surface area (Å²) < 4.78 is 0. The number of amides is 1. The predicted octanol–water partition coefficient (Wildman–Crippen LogP) is 0.976. The molecule has 2 aliphatic rings. The molecule has 1 atom stereocenters. The number of ketones is 1. The number of hydrogen-bond acceptors (Lipinski definition) is 2. The minimum Gasteiger partial charge on any atom is -0.336 e. The van der Waals surface area contributed by atoms with Crippen LogP contribution in [0.2, 0.25) is 0 Å². The van der Waals surface area contributed by atoms with Crippen LogP contribution in [0.1, 0.15) is 32.1 Å². The van der Waals surface area contributed by atoms with Crippen molar-refractivity contribution in [2.45, 2.75) is 38.1 Å². The molecular formula is C10H15NO2. The average molecular weight is 181 g/mol. The van der Waals surface area contributed by atoms with Crippen LogP contribution in [0, 0.1) is 5.92 Å². The average Bonchev–Trinajstić information content (AvgIpc) is 2.29. The van der Waals surface area contributed by atoms with E-state index >= 15 is 0 Å². The molecule has 72 valence electrons. The summed E-state index contributed by atoms with van der Waals surface area (Å²) in [5, 5.41) is 0. The Bertz CT molecular complexity index is 245. The summed E-state index contributed by atoms with van der Waals surface area (Å²) >= 11 is 0. The zero-order valence-corrected chi connectivity index (χ0v) is 7.95. The van der Waals surface area contributed by atoms with E-state index in [1.54, 1.807) is 11.9 Å². The molecule has 3 heteroatoms. The van der Waals surface area contributed by atoms with Crippen molar-refractivity contribution in [3.05, 3.63) is 0 Å². The summed E-state index contributed by atoms with van der Waals surface area (Å²) in [7, 11) is 1.75. The van der Waals surface area contributed by atoms with Gasteiger partial charge in [-0.15, -0.1) is 0 Å². The molecule has 2 rings (SSSR count). The molecule has 0 radical (unpaired) electrons. The Morgan fingerprint density at radius 2 is 2.08 bits per heavy atom. The number of hydrogen-bond donors (Lipinski definition) is 0. The van der Waals surface area contributed by atoms with Crippen molar-refractivity contribution in [3.8, 4) is 0 Å². The van der Waals surface area contributed by atoms with E-state index < -0.39 is 0 Å². The first-order chi connectivity index (χ1) is 6.20. The first-order valence-corrected chi connectivity index (χ1v) is 4.99. The summed E-state index contributed by atoms with van der Waals surface area (Å²) in [6.07, 6.45) is 4.56. The molecule has 1 heterocycles. The summed E-state index contributed by atoms with van der Waals surface area (Å²) in [5.74, 6) is 0.690. The van der Waals surface area contributed by atoms with E-state index in [1.165, 1.54) is 6.42 Å². The van der Waals surface area contributed by atoms with Gasteiger partial charge in [-0.25, -0.2) is 0 Å². The quantitative estimate of drug-likeness (QED) is 0.636. The number of Topliss-reactive ketones (excluding diaryl/α,β-unsaturated/α-hetero) is 1. The minimum absolute atomic E-state index is 0.0993. The SMILES string of the molecule is CN1C(=O)CCC1C(=O)C1CCC1. The van der Waals surface area contributed by atoms with Crippen LogP contribution >= 0.6 is 0 Å². The molecule has 1 aliphatic heterocycles. The second kappa shape index (κ2) is 3.13. The molecule has 1 unspecified atom stereocenters. The van der Waals surface area contributed by atoms with Gasteiger partial charge in [0.05, 0.1) is 6.04 Å². The Balaban J connectivity index is 2.00. The number of likely N-dealkylation sites (N-methyl/N-ethyl adjacent to an activating group) is 1.